The van der Waals surface area contributed by atoms with Crippen LogP contribution in [0.15, 0.2) is 73.3 Å². The van der Waals surface area contributed by atoms with Crippen LogP contribution in [0.2, 0.25) is 0 Å². The largest absolute Gasteiger partial charge is 0.364 e. The van der Waals surface area contributed by atoms with Gasteiger partial charge in [0.25, 0.3) is 0 Å². The van der Waals surface area contributed by atoms with Gasteiger partial charge in [-0.05, 0) is 55.6 Å². The molecule has 0 aliphatic carbocycles. The highest BCUT2D eigenvalue weighted by molar-refractivity contribution is 5.63. The van der Waals surface area contributed by atoms with Gasteiger partial charge < -0.3 is 15.6 Å². The second kappa shape index (κ2) is 10.2. The van der Waals surface area contributed by atoms with E-state index in [0.717, 1.165) is 66.6 Å². The van der Waals surface area contributed by atoms with Crippen LogP contribution in [0.1, 0.15) is 29.9 Å². The predicted octanol–water partition coefficient (Wildman–Crippen LogP) is 4.17. The molecule has 0 bridgehead atoms. The first kappa shape index (κ1) is 22.3. The molecule has 1 aliphatic heterocycles. The molecule has 174 valence electrons. The van der Waals surface area contributed by atoms with Crippen LogP contribution in [0.3, 0.4) is 0 Å². The van der Waals surface area contributed by atoms with Crippen molar-refractivity contribution in [3.8, 4) is 16.8 Å². The van der Waals surface area contributed by atoms with Gasteiger partial charge in [-0.3, -0.25) is 9.88 Å². The van der Waals surface area contributed by atoms with E-state index >= 15 is 0 Å². The standard InChI is InChI=1S/C27H31N7/c1-20-16-34(19-31-20)26-13-25(18-33-11-5-8-23(28)17-33)32-27(14-26)30-15-24-12-22(9-10-29-24)21-6-3-2-4-7-21/h2-4,6-7,9-10,12-14,16,19,23H,5,8,11,15,17-18,28H2,1H3,(H,30,32). The van der Waals surface area contributed by atoms with Crippen molar-refractivity contribution in [3.05, 3.63) is 90.4 Å². The third kappa shape index (κ3) is 5.50. The second-order valence-electron chi connectivity index (χ2n) is 9.02. The number of piperidine rings is 1. The molecule has 0 radical (unpaired) electrons. The molecule has 0 saturated carbocycles. The van der Waals surface area contributed by atoms with Gasteiger partial charge in [-0.2, -0.15) is 0 Å². The lowest BCUT2D eigenvalue weighted by Crippen LogP contribution is -2.42. The Bertz CT molecular complexity index is 1230. The fourth-order valence-corrected chi connectivity index (χ4v) is 4.48. The first-order chi connectivity index (χ1) is 16.6. The number of hydrogen-bond donors (Lipinski definition) is 2. The summed E-state index contributed by atoms with van der Waals surface area (Å²) < 4.78 is 2.04. The Kier molecular flexibility index (Phi) is 6.65. The third-order valence-electron chi connectivity index (χ3n) is 6.17. The van der Waals surface area contributed by atoms with Gasteiger partial charge in [-0.15, -0.1) is 0 Å². The molecule has 7 heteroatoms. The smallest absolute Gasteiger partial charge is 0.128 e. The third-order valence-corrected chi connectivity index (χ3v) is 6.17. The minimum atomic E-state index is 0.244. The molecule has 0 spiro atoms. The number of aromatic nitrogens is 4. The normalized spacial score (nSPS) is 16.5. The zero-order chi connectivity index (χ0) is 23.3. The molecular weight excluding hydrogens is 422 g/mol. The van der Waals surface area contributed by atoms with E-state index in [2.05, 4.69) is 62.6 Å². The van der Waals surface area contributed by atoms with Gasteiger partial charge in [0.05, 0.1) is 35.6 Å². The second-order valence-corrected chi connectivity index (χ2v) is 9.02. The summed E-state index contributed by atoms with van der Waals surface area (Å²) in [6.45, 7) is 5.34. The summed E-state index contributed by atoms with van der Waals surface area (Å²) in [4.78, 5) is 16.3. The molecular formula is C27H31N7. The van der Waals surface area contributed by atoms with Gasteiger partial charge in [0.15, 0.2) is 0 Å². The van der Waals surface area contributed by atoms with Crippen LogP contribution in [0.25, 0.3) is 16.8 Å². The van der Waals surface area contributed by atoms with E-state index in [9.17, 15) is 0 Å². The number of aryl methyl sites for hydroxylation is 1. The quantitative estimate of drug-likeness (QED) is 0.437. The Morgan fingerprint density at radius 1 is 1.03 bits per heavy atom. The molecule has 7 nitrogen and oxygen atoms in total. The highest BCUT2D eigenvalue weighted by atomic mass is 15.2. The summed E-state index contributed by atoms with van der Waals surface area (Å²) in [6, 6.07) is 19.0. The Balaban J connectivity index is 1.37. The van der Waals surface area contributed by atoms with Crippen molar-refractivity contribution in [2.24, 2.45) is 5.73 Å². The molecule has 0 amide bonds. The molecule has 34 heavy (non-hydrogen) atoms. The van der Waals surface area contributed by atoms with Gasteiger partial charge >= 0.3 is 0 Å². The fraction of sp³-hybridized carbons (Fsp3) is 0.296. The van der Waals surface area contributed by atoms with Crippen molar-refractivity contribution < 1.29 is 0 Å². The minimum Gasteiger partial charge on any atom is -0.364 e. The van der Waals surface area contributed by atoms with E-state index in [-0.39, 0.29) is 6.04 Å². The van der Waals surface area contributed by atoms with E-state index in [1.807, 2.05) is 42.3 Å². The monoisotopic (exact) mass is 453 g/mol. The summed E-state index contributed by atoms with van der Waals surface area (Å²) >= 11 is 0. The van der Waals surface area contributed by atoms with Crippen LogP contribution in [0, 0.1) is 6.92 Å². The Morgan fingerprint density at radius 3 is 2.71 bits per heavy atom. The van der Waals surface area contributed by atoms with Crippen molar-refractivity contribution >= 4 is 5.82 Å². The minimum absolute atomic E-state index is 0.244. The van der Waals surface area contributed by atoms with E-state index in [1.54, 1.807) is 0 Å². The average Bonchev–Trinajstić information content (AvgIpc) is 3.30. The molecule has 1 fully saturated rings. The van der Waals surface area contributed by atoms with Crippen molar-refractivity contribution in [1.82, 2.24) is 24.4 Å². The number of likely N-dealkylation sites (tertiary alicyclic amines) is 1. The Hall–Kier alpha value is -3.55. The molecule has 4 heterocycles. The van der Waals surface area contributed by atoms with Crippen LogP contribution in [0.5, 0.6) is 0 Å². The number of imidazole rings is 1. The number of pyridine rings is 2. The van der Waals surface area contributed by atoms with Gasteiger partial charge in [0.1, 0.15) is 5.82 Å². The van der Waals surface area contributed by atoms with Gasteiger partial charge in [-0.25, -0.2) is 9.97 Å². The molecule has 1 unspecified atom stereocenters. The van der Waals surface area contributed by atoms with Crippen molar-refractivity contribution in [2.45, 2.75) is 38.9 Å². The lowest BCUT2D eigenvalue weighted by atomic mass is 10.1. The number of benzene rings is 1. The molecule has 4 aromatic rings. The summed E-state index contributed by atoms with van der Waals surface area (Å²) in [5.74, 6) is 0.826. The van der Waals surface area contributed by atoms with Crippen LogP contribution >= 0.6 is 0 Å². The van der Waals surface area contributed by atoms with Crippen LogP contribution in [-0.2, 0) is 13.1 Å². The maximum Gasteiger partial charge on any atom is 0.128 e. The van der Waals surface area contributed by atoms with E-state index in [4.69, 9.17) is 10.7 Å². The number of nitrogens with zero attached hydrogens (tertiary/aromatic N) is 5. The lowest BCUT2D eigenvalue weighted by molar-refractivity contribution is 0.199. The van der Waals surface area contributed by atoms with Crippen molar-refractivity contribution in [1.29, 1.82) is 0 Å². The number of nitrogens with one attached hydrogen (secondary N) is 1. The highest BCUT2D eigenvalue weighted by Gasteiger charge is 2.18. The SMILES string of the molecule is Cc1cn(-c2cc(CN3CCCC(N)C3)nc(NCc3cc(-c4ccccc4)ccn3)c2)cn1. The number of hydrogen-bond acceptors (Lipinski definition) is 6. The zero-order valence-corrected chi connectivity index (χ0v) is 19.6. The lowest BCUT2D eigenvalue weighted by Gasteiger charge is -2.30. The number of rotatable bonds is 7. The maximum atomic E-state index is 6.20. The summed E-state index contributed by atoms with van der Waals surface area (Å²) in [5.41, 5.74) is 12.6. The van der Waals surface area contributed by atoms with E-state index < -0.39 is 0 Å². The number of anilines is 1. The molecule has 1 aromatic carbocycles. The topological polar surface area (TPSA) is 84.9 Å². The van der Waals surface area contributed by atoms with Gasteiger partial charge in [-0.1, -0.05) is 30.3 Å². The Morgan fingerprint density at radius 2 is 1.91 bits per heavy atom. The van der Waals surface area contributed by atoms with Crippen molar-refractivity contribution in [2.75, 3.05) is 18.4 Å². The fourth-order valence-electron chi connectivity index (χ4n) is 4.48. The van der Waals surface area contributed by atoms with Gasteiger partial charge in [0, 0.05) is 37.6 Å². The van der Waals surface area contributed by atoms with Gasteiger partial charge in [0.2, 0.25) is 0 Å². The molecule has 3 N–H and O–H groups in total. The zero-order valence-electron chi connectivity index (χ0n) is 19.6. The maximum absolute atomic E-state index is 6.20. The van der Waals surface area contributed by atoms with Crippen LogP contribution < -0.4 is 11.1 Å². The molecule has 1 aliphatic rings. The summed E-state index contributed by atoms with van der Waals surface area (Å²) in [5, 5.41) is 3.49. The average molecular weight is 454 g/mol. The summed E-state index contributed by atoms with van der Waals surface area (Å²) in [6.07, 6.45) is 7.98. The number of nitrogens with two attached hydrogens (primary N) is 1. The van der Waals surface area contributed by atoms with Crippen molar-refractivity contribution in [3.63, 3.8) is 0 Å². The highest BCUT2D eigenvalue weighted by Crippen LogP contribution is 2.21. The molecule has 1 saturated heterocycles. The predicted molar refractivity (Wildman–Crippen MR) is 136 cm³/mol. The Labute approximate surface area is 200 Å². The first-order valence-electron chi connectivity index (χ1n) is 11.9. The molecule has 5 rings (SSSR count). The van der Waals surface area contributed by atoms with E-state index in [1.165, 1.54) is 5.56 Å². The van der Waals surface area contributed by atoms with Crippen LogP contribution in [-0.4, -0.2) is 43.6 Å². The molecule has 1 atom stereocenters. The van der Waals surface area contributed by atoms with Crippen LogP contribution in [0.4, 0.5) is 5.82 Å². The first-order valence-corrected chi connectivity index (χ1v) is 11.9. The molecule has 3 aromatic heterocycles. The summed E-state index contributed by atoms with van der Waals surface area (Å²) in [7, 11) is 0. The van der Waals surface area contributed by atoms with E-state index in [0.29, 0.717) is 6.54 Å².